The summed E-state index contributed by atoms with van der Waals surface area (Å²) in [4.78, 5) is 29.8. The first-order valence-corrected chi connectivity index (χ1v) is 41.2. The van der Waals surface area contributed by atoms with Crippen molar-refractivity contribution in [3.63, 3.8) is 0 Å². The molecule has 0 spiro atoms. The fourth-order valence-electron chi connectivity index (χ4n) is 18.0. The molecule has 0 saturated heterocycles. The summed E-state index contributed by atoms with van der Waals surface area (Å²) in [6.07, 6.45) is 0. The van der Waals surface area contributed by atoms with Crippen LogP contribution in [0.2, 0.25) is 0 Å². The van der Waals surface area contributed by atoms with Gasteiger partial charge in [0.2, 0.25) is 0 Å². The highest BCUT2D eigenvalue weighted by Gasteiger charge is 2.24. The molecule has 0 fully saturated rings. The molecule has 0 aliphatic heterocycles. The monoisotopic (exact) mass is 1570 g/mol. The van der Waals surface area contributed by atoms with Crippen molar-refractivity contribution < 1.29 is 17.7 Å². The number of hydrogen-bond acceptors (Lipinski definition) is 11. The zero-order valence-corrected chi connectivity index (χ0v) is 65.2. The molecule has 17 aromatic carbocycles. The smallest absolute Gasteiger partial charge is 0.178 e. The molecule has 0 aliphatic carbocycles. The van der Waals surface area contributed by atoms with E-state index in [0.29, 0.717) is 34.9 Å². The molecular weight excluding hydrogens is 1510 g/mol. The van der Waals surface area contributed by atoms with Gasteiger partial charge in [0.1, 0.15) is 33.5 Å². The minimum atomic E-state index is 0.630. The molecule has 564 valence electrons. The van der Waals surface area contributed by atoms with E-state index in [1.807, 2.05) is 158 Å². The summed E-state index contributed by atoms with van der Waals surface area (Å²) < 4.78 is 33.0. The van der Waals surface area contributed by atoms with Crippen LogP contribution in [0.5, 0.6) is 0 Å². The topological polar surface area (TPSA) is 140 Å². The van der Waals surface area contributed by atoms with E-state index in [0.717, 1.165) is 177 Å². The number of para-hydroxylation sites is 5. The molecular formula is C108H62N8O4S. The minimum absolute atomic E-state index is 0.630. The standard InChI is InChI=1S/C57H32N4O2S.C51H30N4O2/c1-3-12-33(13-4-1)55-58-56(34-14-5-2-6-15-34)60-57(59-55)36-23-28-50-45(31-36)46-32-37(24-29-51(46)64-50)61-47-20-9-7-16-39(47)44-30-35(22-27-48(44)61)38-18-11-19-41-43-26-25-42-40-17-8-10-21-49(40)62-53(42)54(43)63-52(38)41;1-3-11-31(12-4-1)49-52-50(32-13-5-2-6-14-32)54-51(53-49)33-19-23-36(24-20-33)55-43-17-9-7-15-37(43)39-27-34(21-25-44(39)55)35-22-26-46-40(28-35)42-30-47-41(29-48(42)57-46)38-16-8-10-18-45(38)56-47/h1-32H;1-30H. The highest BCUT2D eigenvalue weighted by Crippen LogP contribution is 2.47. The fourth-order valence-corrected chi connectivity index (χ4v) is 19.0. The quantitative estimate of drug-likeness (QED) is 0.130. The largest absolute Gasteiger partial charge is 0.456 e. The van der Waals surface area contributed by atoms with Crippen LogP contribution in [0.25, 0.3) is 253 Å². The summed E-state index contributed by atoms with van der Waals surface area (Å²) in [5, 5.41) is 15.6. The zero-order chi connectivity index (χ0) is 79.3. The molecule has 0 amide bonds. The van der Waals surface area contributed by atoms with Gasteiger partial charge in [-0.25, -0.2) is 29.9 Å². The van der Waals surface area contributed by atoms with Crippen LogP contribution in [0.1, 0.15) is 0 Å². The third-order valence-electron chi connectivity index (χ3n) is 23.7. The van der Waals surface area contributed by atoms with E-state index in [2.05, 4.69) is 228 Å². The summed E-state index contributed by atoms with van der Waals surface area (Å²) in [6.45, 7) is 0. The van der Waals surface area contributed by atoms with E-state index in [4.69, 9.17) is 47.6 Å². The van der Waals surface area contributed by atoms with Gasteiger partial charge in [-0.15, -0.1) is 11.3 Å². The summed E-state index contributed by atoms with van der Waals surface area (Å²) in [5.74, 6) is 3.86. The van der Waals surface area contributed by atoms with E-state index < -0.39 is 0 Å². The Morgan fingerprint density at radius 3 is 1.12 bits per heavy atom. The SMILES string of the molecule is c1ccc(-c2nc(-c3ccccc3)nc(-c3ccc(-n4c5ccccc5c5cc(-c6ccc7oc8cc9c(cc8c7c6)oc6ccccc69)ccc54)cc3)n2)cc1.c1ccc(-c2nc(-c3ccccc3)nc(-c3ccc4sc5ccc(-n6c7ccccc7c7cc(-c8cccc9c8oc8c9ccc9c%10ccccc%10oc98)ccc76)cc5c4c3)n2)cc1. The molecule has 13 heteroatoms. The van der Waals surface area contributed by atoms with Crippen LogP contribution in [0, 0.1) is 0 Å². The van der Waals surface area contributed by atoms with Crippen molar-refractivity contribution in [1.29, 1.82) is 0 Å². The van der Waals surface area contributed by atoms with Crippen LogP contribution in [-0.2, 0) is 0 Å². The lowest BCUT2D eigenvalue weighted by Gasteiger charge is -2.11. The van der Waals surface area contributed by atoms with Crippen molar-refractivity contribution in [3.8, 4) is 102 Å². The van der Waals surface area contributed by atoms with Gasteiger partial charge >= 0.3 is 0 Å². The number of benzene rings is 17. The van der Waals surface area contributed by atoms with Crippen molar-refractivity contribution >= 4 is 163 Å². The molecule has 9 aromatic heterocycles. The molecule has 0 unspecified atom stereocenters. The molecule has 0 atom stereocenters. The molecule has 26 aromatic rings. The van der Waals surface area contributed by atoms with Crippen molar-refractivity contribution in [3.05, 3.63) is 376 Å². The van der Waals surface area contributed by atoms with Gasteiger partial charge in [0, 0.05) is 135 Å². The van der Waals surface area contributed by atoms with E-state index in [9.17, 15) is 0 Å². The summed E-state index contributed by atoms with van der Waals surface area (Å²) in [7, 11) is 0. The number of hydrogen-bond donors (Lipinski definition) is 0. The van der Waals surface area contributed by atoms with Crippen molar-refractivity contribution in [2.45, 2.75) is 0 Å². The van der Waals surface area contributed by atoms with E-state index in [1.165, 1.54) is 41.7 Å². The lowest BCUT2D eigenvalue weighted by molar-refractivity contribution is 0.634. The van der Waals surface area contributed by atoms with Gasteiger partial charge < -0.3 is 26.8 Å². The van der Waals surface area contributed by atoms with Crippen molar-refractivity contribution in [2.24, 2.45) is 0 Å². The zero-order valence-electron chi connectivity index (χ0n) is 64.4. The Bertz CT molecular complexity index is 8610. The average molecular weight is 1570 g/mol. The maximum absolute atomic E-state index is 6.80. The lowest BCUT2D eigenvalue weighted by atomic mass is 10.00. The highest BCUT2D eigenvalue weighted by atomic mass is 32.1. The molecule has 0 saturated carbocycles. The maximum Gasteiger partial charge on any atom is 0.178 e. The van der Waals surface area contributed by atoms with Gasteiger partial charge in [0.05, 0.1) is 22.1 Å². The van der Waals surface area contributed by atoms with Crippen molar-refractivity contribution in [2.75, 3.05) is 0 Å². The average Bonchev–Trinajstić information content (AvgIpc) is 1.59. The molecule has 0 radical (unpaired) electrons. The van der Waals surface area contributed by atoms with E-state index in [-0.39, 0.29) is 0 Å². The first-order chi connectivity index (χ1) is 59.9. The molecule has 26 rings (SSSR count). The van der Waals surface area contributed by atoms with Gasteiger partial charge in [-0.3, -0.25) is 0 Å². The van der Waals surface area contributed by atoms with Crippen LogP contribution in [-0.4, -0.2) is 39.0 Å². The Morgan fingerprint density at radius 1 is 0.182 bits per heavy atom. The Balaban J connectivity index is 0.000000135. The van der Waals surface area contributed by atoms with E-state index >= 15 is 0 Å². The third-order valence-corrected chi connectivity index (χ3v) is 24.9. The second kappa shape index (κ2) is 27.2. The molecule has 9 heterocycles. The van der Waals surface area contributed by atoms with Crippen LogP contribution in [0.3, 0.4) is 0 Å². The second-order valence-corrected chi connectivity index (χ2v) is 31.8. The summed E-state index contributed by atoms with van der Waals surface area (Å²) in [6, 6.07) is 131. The van der Waals surface area contributed by atoms with Gasteiger partial charge in [-0.1, -0.05) is 231 Å². The number of furan rings is 4. The van der Waals surface area contributed by atoms with Gasteiger partial charge in [-0.2, -0.15) is 0 Å². The number of fused-ring (bicyclic) bond motifs is 22. The molecule has 0 aliphatic rings. The molecule has 0 N–H and O–H groups in total. The Labute approximate surface area is 693 Å². The Hall–Kier alpha value is -16.2. The van der Waals surface area contributed by atoms with Gasteiger partial charge in [-0.05, 0) is 162 Å². The Kier molecular flexibility index (Phi) is 15.3. The first kappa shape index (κ1) is 68.0. The number of rotatable bonds is 10. The predicted molar refractivity (Wildman–Crippen MR) is 494 cm³/mol. The molecule has 12 nitrogen and oxygen atoms in total. The van der Waals surface area contributed by atoms with Crippen molar-refractivity contribution in [1.82, 2.24) is 39.0 Å². The fraction of sp³-hybridized carbons (Fsp3) is 0. The Morgan fingerprint density at radius 2 is 0.537 bits per heavy atom. The third kappa shape index (κ3) is 11.2. The number of aromatic nitrogens is 8. The number of nitrogens with zero attached hydrogens (tertiary/aromatic N) is 8. The van der Waals surface area contributed by atoms with E-state index in [1.54, 1.807) is 11.3 Å². The van der Waals surface area contributed by atoms with Crippen LogP contribution in [0.15, 0.2) is 394 Å². The maximum atomic E-state index is 6.80. The summed E-state index contributed by atoms with van der Waals surface area (Å²) >= 11 is 1.80. The van der Waals surface area contributed by atoms with Crippen LogP contribution in [0.4, 0.5) is 0 Å². The lowest BCUT2D eigenvalue weighted by Crippen LogP contribution is -2.00. The molecule has 121 heavy (non-hydrogen) atoms. The highest BCUT2D eigenvalue weighted by molar-refractivity contribution is 7.25. The van der Waals surface area contributed by atoms with Gasteiger partial charge in [0.15, 0.2) is 46.1 Å². The number of thiophene rings is 1. The summed E-state index contributed by atoms with van der Waals surface area (Å²) in [5.41, 5.74) is 23.5. The predicted octanol–water partition coefficient (Wildman–Crippen LogP) is 29.2. The normalized spacial score (nSPS) is 12.0. The van der Waals surface area contributed by atoms with Crippen LogP contribution < -0.4 is 0 Å². The second-order valence-electron chi connectivity index (χ2n) is 30.7. The van der Waals surface area contributed by atoms with Crippen LogP contribution >= 0.6 is 11.3 Å². The molecule has 0 bridgehead atoms. The van der Waals surface area contributed by atoms with Gasteiger partial charge in [0.25, 0.3) is 0 Å². The minimum Gasteiger partial charge on any atom is -0.456 e. The first-order valence-electron chi connectivity index (χ1n) is 40.3.